The van der Waals surface area contributed by atoms with Gasteiger partial charge in [-0.1, -0.05) is 11.6 Å². The number of ketones is 1. The summed E-state index contributed by atoms with van der Waals surface area (Å²) in [5, 5.41) is 0.302. The highest BCUT2D eigenvalue weighted by Gasteiger charge is 2.17. The molecule has 1 aromatic heterocycles. The molecule has 0 spiro atoms. The highest BCUT2D eigenvalue weighted by Crippen LogP contribution is 2.36. The third-order valence-electron chi connectivity index (χ3n) is 2.91. The smallest absolute Gasteiger partial charge is 0.194 e. The highest BCUT2D eigenvalue weighted by atomic mass is 35.5. The molecule has 0 aliphatic carbocycles. The van der Waals surface area contributed by atoms with Gasteiger partial charge in [-0.3, -0.25) is 9.78 Å². The van der Waals surface area contributed by atoms with Gasteiger partial charge in [0.1, 0.15) is 5.75 Å². The molecule has 1 heterocycles. The summed E-state index contributed by atoms with van der Waals surface area (Å²) in [6.07, 6.45) is 2.99. The molecule has 0 unspecified atom stereocenters. The number of carbonyl (C=O) groups is 1. The largest absolute Gasteiger partial charge is 0.495 e. The van der Waals surface area contributed by atoms with Gasteiger partial charge in [0.25, 0.3) is 0 Å². The number of nitrogens with zero attached hydrogens (tertiary/aromatic N) is 1. The minimum absolute atomic E-state index is 0.232. The average Bonchev–Trinajstić information content (AvgIpc) is 2.53. The van der Waals surface area contributed by atoms with E-state index in [1.165, 1.54) is 39.8 Å². The first-order valence-corrected chi connectivity index (χ1v) is 6.43. The Kier molecular flexibility index (Phi) is 4.65. The van der Waals surface area contributed by atoms with Crippen LogP contribution in [-0.2, 0) is 0 Å². The van der Waals surface area contributed by atoms with E-state index in [-0.39, 0.29) is 5.78 Å². The minimum atomic E-state index is -0.232. The van der Waals surface area contributed by atoms with E-state index in [1.807, 2.05) is 0 Å². The number of hydrogen-bond donors (Lipinski definition) is 0. The Bertz CT molecular complexity index is 673. The monoisotopic (exact) mass is 307 g/mol. The van der Waals surface area contributed by atoms with Gasteiger partial charge >= 0.3 is 0 Å². The fraction of sp³-hybridized carbons (Fsp3) is 0.200. The van der Waals surface area contributed by atoms with Crippen molar-refractivity contribution < 1.29 is 19.0 Å². The van der Waals surface area contributed by atoms with Gasteiger partial charge in [-0.05, 0) is 18.2 Å². The standard InChI is InChI=1S/C15H14ClNO4/c1-19-11-4-10(7-17-8-11)14(18)9-5-12(16)15(21-3)13(6-9)20-2/h4-8H,1-3H3. The van der Waals surface area contributed by atoms with Crippen molar-refractivity contribution in [1.82, 2.24) is 4.98 Å². The number of pyridine rings is 1. The number of ether oxygens (including phenoxy) is 3. The summed E-state index contributed by atoms with van der Waals surface area (Å²) in [6.45, 7) is 0. The van der Waals surface area contributed by atoms with E-state index in [0.29, 0.717) is 33.4 Å². The van der Waals surface area contributed by atoms with Crippen LogP contribution in [0.15, 0.2) is 30.6 Å². The van der Waals surface area contributed by atoms with E-state index in [9.17, 15) is 4.79 Å². The molecule has 1 aromatic carbocycles. The third-order valence-corrected chi connectivity index (χ3v) is 3.19. The van der Waals surface area contributed by atoms with E-state index in [2.05, 4.69) is 4.98 Å². The van der Waals surface area contributed by atoms with Crippen LogP contribution in [0.5, 0.6) is 17.2 Å². The molecule has 0 saturated carbocycles. The molecule has 5 nitrogen and oxygen atoms in total. The van der Waals surface area contributed by atoms with Crippen LogP contribution >= 0.6 is 11.6 Å². The lowest BCUT2D eigenvalue weighted by Crippen LogP contribution is -2.04. The SMILES string of the molecule is COc1cncc(C(=O)c2cc(Cl)c(OC)c(OC)c2)c1. The highest BCUT2D eigenvalue weighted by molar-refractivity contribution is 6.33. The second-order valence-electron chi connectivity index (χ2n) is 4.14. The van der Waals surface area contributed by atoms with Gasteiger partial charge < -0.3 is 14.2 Å². The molecule has 6 heteroatoms. The predicted molar refractivity (Wildman–Crippen MR) is 78.8 cm³/mol. The molecule has 0 saturated heterocycles. The summed E-state index contributed by atoms with van der Waals surface area (Å²) in [4.78, 5) is 16.4. The van der Waals surface area contributed by atoms with Crippen molar-refractivity contribution in [2.45, 2.75) is 0 Å². The molecule has 2 rings (SSSR count). The number of carbonyl (C=O) groups excluding carboxylic acids is 1. The summed E-state index contributed by atoms with van der Waals surface area (Å²) in [5.41, 5.74) is 0.783. The Hall–Kier alpha value is -2.27. The van der Waals surface area contributed by atoms with Crippen LogP contribution in [0, 0.1) is 0 Å². The maximum atomic E-state index is 12.5. The molecular weight excluding hydrogens is 294 g/mol. The van der Waals surface area contributed by atoms with Gasteiger partial charge in [0.15, 0.2) is 17.3 Å². The lowest BCUT2D eigenvalue weighted by Gasteiger charge is -2.11. The van der Waals surface area contributed by atoms with E-state index >= 15 is 0 Å². The van der Waals surface area contributed by atoms with Gasteiger partial charge in [-0.25, -0.2) is 0 Å². The number of hydrogen-bond acceptors (Lipinski definition) is 5. The van der Waals surface area contributed by atoms with Crippen molar-refractivity contribution in [2.75, 3.05) is 21.3 Å². The molecule has 0 radical (unpaired) electrons. The molecule has 0 fully saturated rings. The zero-order valence-corrected chi connectivity index (χ0v) is 12.6. The van der Waals surface area contributed by atoms with Crippen molar-refractivity contribution in [3.63, 3.8) is 0 Å². The molecule has 0 aliphatic heterocycles. The first-order chi connectivity index (χ1) is 10.1. The molecule has 2 aromatic rings. The topological polar surface area (TPSA) is 57.7 Å². The molecule has 0 aliphatic rings. The molecule has 0 N–H and O–H groups in total. The molecule has 21 heavy (non-hydrogen) atoms. The van der Waals surface area contributed by atoms with Gasteiger partial charge in [0.2, 0.25) is 0 Å². The Morgan fingerprint density at radius 2 is 1.76 bits per heavy atom. The second-order valence-corrected chi connectivity index (χ2v) is 4.54. The molecular formula is C15H14ClNO4. The molecule has 0 bridgehead atoms. The van der Waals surface area contributed by atoms with E-state index in [4.69, 9.17) is 25.8 Å². The summed E-state index contributed by atoms with van der Waals surface area (Å²) in [6, 6.07) is 4.72. The lowest BCUT2D eigenvalue weighted by molar-refractivity contribution is 0.103. The molecule has 0 amide bonds. The minimum Gasteiger partial charge on any atom is -0.495 e. The summed E-state index contributed by atoms with van der Waals surface area (Å²) < 4.78 is 15.4. The summed E-state index contributed by atoms with van der Waals surface area (Å²) in [5.74, 6) is 1.06. The van der Waals surface area contributed by atoms with E-state index in [1.54, 1.807) is 12.1 Å². The second kappa shape index (κ2) is 6.45. The van der Waals surface area contributed by atoms with Gasteiger partial charge in [-0.15, -0.1) is 0 Å². The van der Waals surface area contributed by atoms with Crippen LogP contribution in [-0.4, -0.2) is 32.1 Å². The fourth-order valence-electron chi connectivity index (χ4n) is 1.87. The van der Waals surface area contributed by atoms with Crippen molar-refractivity contribution in [1.29, 1.82) is 0 Å². The van der Waals surface area contributed by atoms with Crippen LogP contribution in [0.25, 0.3) is 0 Å². The quantitative estimate of drug-likeness (QED) is 0.795. The Balaban J connectivity index is 2.45. The Morgan fingerprint density at radius 1 is 1.00 bits per heavy atom. The maximum Gasteiger partial charge on any atom is 0.194 e. The zero-order valence-electron chi connectivity index (χ0n) is 11.8. The Labute approximate surface area is 127 Å². The average molecular weight is 308 g/mol. The van der Waals surface area contributed by atoms with Crippen molar-refractivity contribution in [3.8, 4) is 17.2 Å². The van der Waals surface area contributed by atoms with E-state index < -0.39 is 0 Å². The van der Waals surface area contributed by atoms with Crippen molar-refractivity contribution in [3.05, 3.63) is 46.7 Å². The van der Waals surface area contributed by atoms with Crippen LogP contribution in [0.3, 0.4) is 0 Å². The van der Waals surface area contributed by atoms with Gasteiger partial charge in [0.05, 0.1) is 32.5 Å². The molecule has 0 atom stereocenters. The number of aromatic nitrogens is 1. The fourth-order valence-corrected chi connectivity index (χ4v) is 2.16. The van der Waals surface area contributed by atoms with Crippen molar-refractivity contribution in [2.24, 2.45) is 0 Å². The van der Waals surface area contributed by atoms with Crippen LogP contribution in [0.2, 0.25) is 5.02 Å². The lowest BCUT2D eigenvalue weighted by atomic mass is 10.0. The predicted octanol–water partition coefficient (Wildman–Crippen LogP) is 2.99. The Morgan fingerprint density at radius 3 is 2.38 bits per heavy atom. The first-order valence-electron chi connectivity index (χ1n) is 6.06. The summed E-state index contributed by atoms with van der Waals surface area (Å²) in [7, 11) is 4.48. The van der Waals surface area contributed by atoms with Crippen molar-refractivity contribution >= 4 is 17.4 Å². The number of rotatable bonds is 5. The van der Waals surface area contributed by atoms with E-state index in [0.717, 1.165) is 0 Å². The zero-order chi connectivity index (χ0) is 15.4. The maximum absolute atomic E-state index is 12.5. The number of methoxy groups -OCH3 is 3. The van der Waals surface area contributed by atoms with Crippen LogP contribution in [0.4, 0.5) is 0 Å². The number of benzene rings is 1. The van der Waals surface area contributed by atoms with Gasteiger partial charge in [-0.2, -0.15) is 0 Å². The first kappa shape index (κ1) is 15.1. The normalized spacial score (nSPS) is 10.1. The molecule has 110 valence electrons. The summed E-state index contributed by atoms with van der Waals surface area (Å²) >= 11 is 6.11. The number of halogens is 1. The third kappa shape index (κ3) is 3.08. The van der Waals surface area contributed by atoms with Crippen LogP contribution < -0.4 is 14.2 Å². The van der Waals surface area contributed by atoms with Gasteiger partial charge in [0, 0.05) is 17.3 Å². The van der Waals surface area contributed by atoms with Crippen LogP contribution in [0.1, 0.15) is 15.9 Å².